The summed E-state index contributed by atoms with van der Waals surface area (Å²) in [4.78, 5) is 24.4. The fourth-order valence-electron chi connectivity index (χ4n) is 2.25. The molecule has 0 aliphatic rings. The monoisotopic (exact) mass is 314 g/mol. The Kier molecular flexibility index (Phi) is 5.19. The molecule has 0 saturated carbocycles. The molecule has 0 spiro atoms. The van der Waals surface area contributed by atoms with Gasteiger partial charge in [-0.3, -0.25) is 4.90 Å². The lowest BCUT2D eigenvalue weighted by Gasteiger charge is -2.28. The molecule has 23 heavy (non-hydrogen) atoms. The lowest BCUT2D eigenvalue weighted by Crippen LogP contribution is -2.33. The summed E-state index contributed by atoms with van der Waals surface area (Å²) in [6.45, 7) is 1.88. The number of carbonyl (C=O) groups is 2. The van der Waals surface area contributed by atoms with Crippen LogP contribution in [0.2, 0.25) is 0 Å². The minimum Gasteiger partial charge on any atom is -0.452 e. The van der Waals surface area contributed by atoms with Gasteiger partial charge in [0.2, 0.25) is 0 Å². The SMILES string of the molecule is COC(=O)N(c1ccccc1)C(C)c1ccc(OC(N)=O)cc1. The quantitative estimate of drug-likeness (QED) is 0.936. The molecule has 2 aromatic rings. The predicted octanol–water partition coefficient (Wildman–Crippen LogP) is 3.48. The number of nitrogens with two attached hydrogens (primary N) is 1. The van der Waals surface area contributed by atoms with Crippen molar-refractivity contribution in [3.63, 3.8) is 0 Å². The molecule has 0 aliphatic heterocycles. The number of anilines is 1. The Morgan fingerprint density at radius 3 is 2.17 bits per heavy atom. The zero-order valence-electron chi connectivity index (χ0n) is 12.9. The van der Waals surface area contributed by atoms with E-state index >= 15 is 0 Å². The van der Waals surface area contributed by atoms with Gasteiger partial charge in [0.05, 0.1) is 13.2 Å². The molecule has 0 aliphatic carbocycles. The van der Waals surface area contributed by atoms with E-state index in [1.807, 2.05) is 37.3 Å². The van der Waals surface area contributed by atoms with Crippen molar-refractivity contribution in [1.82, 2.24) is 0 Å². The van der Waals surface area contributed by atoms with Crippen LogP contribution in [0.15, 0.2) is 54.6 Å². The highest BCUT2D eigenvalue weighted by atomic mass is 16.5. The maximum Gasteiger partial charge on any atom is 0.414 e. The third-order valence-corrected chi connectivity index (χ3v) is 3.37. The lowest BCUT2D eigenvalue weighted by atomic mass is 10.1. The molecule has 2 rings (SSSR count). The Labute approximate surface area is 134 Å². The van der Waals surface area contributed by atoms with E-state index in [1.54, 1.807) is 29.2 Å². The lowest BCUT2D eigenvalue weighted by molar-refractivity contribution is 0.176. The zero-order valence-corrected chi connectivity index (χ0v) is 12.9. The van der Waals surface area contributed by atoms with Crippen molar-refractivity contribution in [3.8, 4) is 5.75 Å². The zero-order chi connectivity index (χ0) is 16.8. The fraction of sp³-hybridized carbons (Fsp3) is 0.176. The van der Waals surface area contributed by atoms with Crippen LogP contribution in [0, 0.1) is 0 Å². The van der Waals surface area contributed by atoms with Gasteiger partial charge in [0, 0.05) is 5.69 Å². The van der Waals surface area contributed by atoms with Crippen LogP contribution < -0.4 is 15.4 Å². The van der Waals surface area contributed by atoms with Gasteiger partial charge in [0.15, 0.2) is 0 Å². The number of benzene rings is 2. The average Bonchev–Trinajstić information content (AvgIpc) is 2.56. The molecule has 0 heterocycles. The topological polar surface area (TPSA) is 81.9 Å². The molecule has 1 unspecified atom stereocenters. The molecule has 0 saturated heterocycles. The van der Waals surface area contributed by atoms with Crippen molar-refractivity contribution in [1.29, 1.82) is 0 Å². The average molecular weight is 314 g/mol. The number of hydrogen-bond donors (Lipinski definition) is 1. The summed E-state index contributed by atoms with van der Waals surface area (Å²) in [5.41, 5.74) is 6.56. The van der Waals surface area contributed by atoms with Gasteiger partial charge in [0.1, 0.15) is 5.75 Å². The third-order valence-electron chi connectivity index (χ3n) is 3.37. The van der Waals surface area contributed by atoms with Gasteiger partial charge in [-0.1, -0.05) is 30.3 Å². The molecule has 120 valence electrons. The first-order valence-corrected chi connectivity index (χ1v) is 7.02. The number of amides is 2. The molecule has 0 aromatic heterocycles. The molecule has 6 heteroatoms. The maximum atomic E-state index is 12.2. The minimum absolute atomic E-state index is 0.271. The molecular weight excluding hydrogens is 296 g/mol. The Bertz CT molecular complexity index is 671. The van der Waals surface area contributed by atoms with Gasteiger partial charge in [-0.25, -0.2) is 9.59 Å². The predicted molar refractivity (Wildman–Crippen MR) is 86.4 cm³/mol. The second-order valence-corrected chi connectivity index (χ2v) is 4.84. The van der Waals surface area contributed by atoms with E-state index in [0.717, 1.165) is 11.3 Å². The van der Waals surface area contributed by atoms with Crippen LogP contribution in [-0.4, -0.2) is 19.3 Å². The van der Waals surface area contributed by atoms with Crippen molar-refractivity contribution >= 4 is 17.9 Å². The van der Waals surface area contributed by atoms with Crippen molar-refractivity contribution in [3.05, 3.63) is 60.2 Å². The summed E-state index contributed by atoms with van der Waals surface area (Å²) in [5.74, 6) is 0.345. The molecule has 6 nitrogen and oxygen atoms in total. The van der Waals surface area contributed by atoms with Crippen LogP contribution in [0.4, 0.5) is 15.3 Å². The molecule has 1 atom stereocenters. The summed E-state index contributed by atoms with van der Waals surface area (Å²) >= 11 is 0. The molecule has 2 N–H and O–H groups in total. The molecule has 0 radical (unpaired) electrons. The van der Waals surface area contributed by atoms with Crippen LogP contribution >= 0.6 is 0 Å². The van der Waals surface area contributed by atoms with Gasteiger partial charge < -0.3 is 15.2 Å². The highest BCUT2D eigenvalue weighted by Gasteiger charge is 2.23. The van der Waals surface area contributed by atoms with Gasteiger partial charge in [0.25, 0.3) is 0 Å². The van der Waals surface area contributed by atoms with E-state index in [0.29, 0.717) is 5.75 Å². The number of rotatable bonds is 4. The second-order valence-electron chi connectivity index (χ2n) is 4.84. The van der Waals surface area contributed by atoms with E-state index in [2.05, 4.69) is 0 Å². The van der Waals surface area contributed by atoms with Crippen LogP contribution in [0.25, 0.3) is 0 Å². The largest absolute Gasteiger partial charge is 0.452 e. The Morgan fingerprint density at radius 2 is 1.65 bits per heavy atom. The number of nitrogens with zero attached hydrogens (tertiary/aromatic N) is 1. The van der Waals surface area contributed by atoms with E-state index in [4.69, 9.17) is 15.2 Å². The Morgan fingerprint density at radius 1 is 1.04 bits per heavy atom. The highest BCUT2D eigenvalue weighted by Crippen LogP contribution is 2.28. The van der Waals surface area contributed by atoms with E-state index in [9.17, 15) is 9.59 Å². The first kappa shape index (κ1) is 16.4. The van der Waals surface area contributed by atoms with Crippen LogP contribution in [0.1, 0.15) is 18.5 Å². The van der Waals surface area contributed by atoms with E-state index < -0.39 is 12.2 Å². The van der Waals surface area contributed by atoms with Crippen LogP contribution in [-0.2, 0) is 4.74 Å². The van der Waals surface area contributed by atoms with E-state index in [-0.39, 0.29) is 6.04 Å². The summed E-state index contributed by atoms with van der Waals surface area (Å²) in [7, 11) is 1.34. The van der Waals surface area contributed by atoms with Crippen LogP contribution in [0.3, 0.4) is 0 Å². The van der Waals surface area contributed by atoms with Gasteiger partial charge in [-0.15, -0.1) is 0 Å². The van der Waals surface area contributed by atoms with E-state index in [1.165, 1.54) is 7.11 Å². The van der Waals surface area contributed by atoms with Crippen molar-refractivity contribution in [2.75, 3.05) is 12.0 Å². The Hall–Kier alpha value is -3.02. The minimum atomic E-state index is -0.869. The summed E-state index contributed by atoms with van der Waals surface area (Å²) < 4.78 is 9.68. The highest BCUT2D eigenvalue weighted by molar-refractivity contribution is 5.88. The Balaban J connectivity index is 2.28. The fourth-order valence-corrected chi connectivity index (χ4v) is 2.25. The smallest absolute Gasteiger partial charge is 0.414 e. The van der Waals surface area contributed by atoms with Crippen LogP contribution in [0.5, 0.6) is 5.75 Å². The van der Waals surface area contributed by atoms with Gasteiger partial charge in [-0.2, -0.15) is 0 Å². The first-order valence-electron chi connectivity index (χ1n) is 7.02. The molecule has 2 amide bonds. The molecular formula is C17H18N2O4. The normalized spacial score (nSPS) is 11.4. The third kappa shape index (κ3) is 4.00. The van der Waals surface area contributed by atoms with Crippen molar-refractivity contribution < 1.29 is 19.1 Å². The summed E-state index contributed by atoms with van der Waals surface area (Å²) in [6, 6.07) is 15.7. The number of primary amides is 1. The molecule has 0 fully saturated rings. The number of hydrogen-bond acceptors (Lipinski definition) is 4. The van der Waals surface area contributed by atoms with Crippen molar-refractivity contribution in [2.24, 2.45) is 5.73 Å². The van der Waals surface area contributed by atoms with Gasteiger partial charge >= 0.3 is 12.2 Å². The number of para-hydroxylation sites is 1. The first-order chi connectivity index (χ1) is 11.0. The number of methoxy groups -OCH3 is 1. The number of carbonyl (C=O) groups excluding carboxylic acids is 2. The molecule has 2 aromatic carbocycles. The summed E-state index contributed by atoms with van der Waals surface area (Å²) in [6.07, 6.45) is -1.33. The number of ether oxygens (including phenoxy) is 2. The summed E-state index contributed by atoms with van der Waals surface area (Å²) in [5, 5.41) is 0. The molecule has 0 bridgehead atoms. The maximum absolute atomic E-state index is 12.2. The van der Waals surface area contributed by atoms with Gasteiger partial charge in [-0.05, 0) is 36.8 Å². The van der Waals surface area contributed by atoms with Crippen molar-refractivity contribution in [2.45, 2.75) is 13.0 Å². The second kappa shape index (κ2) is 7.31. The standard InChI is InChI=1S/C17H18N2O4/c1-12(13-8-10-15(11-9-13)23-16(18)20)19(17(21)22-2)14-6-4-3-5-7-14/h3-12H,1-2H3,(H2,18,20).